The lowest BCUT2D eigenvalue weighted by Crippen LogP contribution is -2.14. The van der Waals surface area contributed by atoms with Gasteiger partial charge in [0.25, 0.3) is 5.91 Å². The fourth-order valence-corrected chi connectivity index (χ4v) is 1.74. The van der Waals surface area contributed by atoms with E-state index in [4.69, 9.17) is 16.3 Å². The highest BCUT2D eigenvalue weighted by atomic mass is 35.5. The predicted octanol–water partition coefficient (Wildman–Crippen LogP) is 3.91. The van der Waals surface area contributed by atoms with Crippen LogP contribution < -0.4 is 10.1 Å². The van der Waals surface area contributed by atoms with E-state index < -0.39 is 11.7 Å². The zero-order chi connectivity index (χ0) is 15.4. The van der Waals surface area contributed by atoms with E-state index in [0.717, 1.165) is 6.07 Å². The summed E-state index contributed by atoms with van der Waals surface area (Å²) in [4.78, 5) is 15.9. The molecule has 0 fully saturated rings. The summed E-state index contributed by atoms with van der Waals surface area (Å²) in [5.74, 6) is -0.585. The van der Waals surface area contributed by atoms with Crippen molar-refractivity contribution in [2.45, 2.75) is 20.0 Å². The second-order valence-corrected chi connectivity index (χ2v) is 5.06. The van der Waals surface area contributed by atoms with Crippen LogP contribution in [0.1, 0.15) is 24.2 Å². The van der Waals surface area contributed by atoms with Gasteiger partial charge in [0.2, 0.25) is 0 Å². The lowest BCUT2D eigenvalue weighted by atomic mass is 10.2. The molecular formula is C15H14ClFN2O2. The van der Waals surface area contributed by atoms with Crippen molar-refractivity contribution in [1.82, 2.24) is 4.98 Å². The standard InChI is InChI=1S/C15H14ClFN2O2/c1-9(2)21-13-5-3-10(7-12(13)17)15(20)19-14-6-4-11(16)8-18-14/h3-9H,1-2H3,(H,18,19,20). The van der Waals surface area contributed by atoms with E-state index in [0.29, 0.717) is 10.8 Å². The maximum absolute atomic E-state index is 13.8. The number of hydrogen-bond acceptors (Lipinski definition) is 3. The smallest absolute Gasteiger partial charge is 0.256 e. The molecule has 110 valence electrons. The van der Waals surface area contributed by atoms with Crippen LogP contribution in [0.25, 0.3) is 0 Å². The number of nitrogens with one attached hydrogen (secondary N) is 1. The Morgan fingerprint density at radius 1 is 1.33 bits per heavy atom. The third-order valence-corrected chi connectivity index (χ3v) is 2.75. The Balaban J connectivity index is 2.12. The molecule has 1 aromatic carbocycles. The van der Waals surface area contributed by atoms with Crippen molar-refractivity contribution < 1.29 is 13.9 Å². The second kappa shape index (κ2) is 6.54. The van der Waals surface area contributed by atoms with Crippen molar-refractivity contribution in [3.8, 4) is 5.75 Å². The minimum Gasteiger partial charge on any atom is -0.488 e. The van der Waals surface area contributed by atoms with Crippen molar-refractivity contribution in [2.24, 2.45) is 0 Å². The largest absolute Gasteiger partial charge is 0.488 e. The first kappa shape index (κ1) is 15.3. The number of benzene rings is 1. The molecule has 2 aromatic rings. The molecule has 2 rings (SSSR count). The minimum atomic E-state index is -0.583. The summed E-state index contributed by atoms with van der Waals surface area (Å²) in [6, 6.07) is 7.21. The number of carbonyl (C=O) groups excluding carboxylic acids is 1. The summed E-state index contributed by atoms with van der Waals surface area (Å²) >= 11 is 5.71. The molecule has 1 N–H and O–H groups in total. The Kier molecular flexibility index (Phi) is 4.75. The van der Waals surface area contributed by atoms with Gasteiger partial charge < -0.3 is 10.1 Å². The Labute approximate surface area is 126 Å². The zero-order valence-electron chi connectivity index (χ0n) is 11.6. The van der Waals surface area contributed by atoms with Crippen LogP contribution in [0.5, 0.6) is 5.75 Å². The highest BCUT2D eigenvalue weighted by Gasteiger charge is 2.12. The number of carbonyl (C=O) groups is 1. The molecule has 0 atom stereocenters. The van der Waals surface area contributed by atoms with Crippen LogP contribution in [0.3, 0.4) is 0 Å². The summed E-state index contributed by atoms with van der Waals surface area (Å²) in [6.07, 6.45) is 1.27. The molecule has 1 heterocycles. The number of hydrogen-bond donors (Lipinski definition) is 1. The summed E-state index contributed by atoms with van der Waals surface area (Å²) in [6.45, 7) is 3.60. The lowest BCUT2D eigenvalue weighted by molar-refractivity contribution is 0.102. The van der Waals surface area contributed by atoms with Gasteiger partial charge in [-0.3, -0.25) is 4.79 Å². The molecule has 0 aliphatic carbocycles. The van der Waals surface area contributed by atoms with Crippen LogP contribution in [-0.4, -0.2) is 17.0 Å². The first-order chi connectivity index (χ1) is 9.95. The van der Waals surface area contributed by atoms with E-state index in [-0.39, 0.29) is 17.4 Å². The Bertz CT molecular complexity index is 645. The van der Waals surface area contributed by atoms with Crippen LogP contribution in [0.2, 0.25) is 5.02 Å². The number of amides is 1. The molecule has 0 aliphatic rings. The zero-order valence-corrected chi connectivity index (χ0v) is 12.3. The van der Waals surface area contributed by atoms with E-state index in [9.17, 15) is 9.18 Å². The van der Waals surface area contributed by atoms with Gasteiger partial charge in [-0.05, 0) is 44.2 Å². The van der Waals surface area contributed by atoms with E-state index in [1.807, 2.05) is 0 Å². The van der Waals surface area contributed by atoms with E-state index in [2.05, 4.69) is 10.3 Å². The number of nitrogens with zero attached hydrogens (tertiary/aromatic N) is 1. The SMILES string of the molecule is CC(C)Oc1ccc(C(=O)Nc2ccc(Cl)cn2)cc1F. The van der Waals surface area contributed by atoms with Gasteiger partial charge in [-0.2, -0.15) is 0 Å². The molecule has 1 amide bonds. The first-order valence-corrected chi connectivity index (χ1v) is 6.72. The third-order valence-electron chi connectivity index (χ3n) is 2.53. The molecule has 1 aromatic heterocycles. The van der Waals surface area contributed by atoms with Gasteiger partial charge in [0, 0.05) is 11.8 Å². The highest BCUT2D eigenvalue weighted by molar-refractivity contribution is 6.30. The Morgan fingerprint density at radius 2 is 2.10 bits per heavy atom. The number of pyridine rings is 1. The second-order valence-electron chi connectivity index (χ2n) is 4.63. The highest BCUT2D eigenvalue weighted by Crippen LogP contribution is 2.20. The van der Waals surface area contributed by atoms with Crippen LogP contribution in [0.4, 0.5) is 10.2 Å². The average molecular weight is 309 g/mol. The molecule has 0 saturated carbocycles. The maximum atomic E-state index is 13.8. The molecule has 0 saturated heterocycles. The van der Waals surface area contributed by atoms with Gasteiger partial charge in [0.1, 0.15) is 5.82 Å². The molecule has 0 unspecified atom stereocenters. The quantitative estimate of drug-likeness (QED) is 0.931. The van der Waals surface area contributed by atoms with Crippen molar-refractivity contribution in [1.29, 1.82) is 0 Å². The lowest BCUT2D eigenvalue weighted by Gasteiger charge is -2.11. The number of ether oxygens (including phenoxy) is 1. The molecule has 0 spiro atoms. The summed E-state index contributed by atoms with van der Waals surface area (Å²) in [5.41, 5.74) is 0.181. The van der Waals surface area contributed by atoms with E-state index in [1.165, 1.54) is 18.3 Å². The summed E-state index contributed by atoms with van der Waals surface area (Å²) in [5, 5.41) is 3.02. The van der Waals surface area contributed by atoms with Gasteiger partial charge in [-0.1, -0.05) is 11.6 Å². The van der Waals surface area contributed by atoms with Crippen molar-refractivity contribution in [3.05, 3.63) is 52.9 Å². The predicted molar refractivity (Wildman–Crippen MR) is 79.4 cm³/mol. The van der Waals surface area contributed by atoms with Crippen LogP contribution in [0.15, 0.2) is 36.5 Å². The summed E-state index contributed by atoms with van der Waals surface area (Å²) < 4.78 is 19.1. The van der Waals surface area contributed by atoms with Gasteiger partial charge in [0.05, 0.1) is 11.1 Å². The third kappa shape index (κ3) is 4.16. The molecular weight excluding hydrogens is 295 g/mol. The van der Waals surface area contributed by atoms with Crippen molar-refractivity contribution >= 4 is 23.3 Å². The first-order valence-electron chi connectivity index (χ1n) is 6.35. The molecule has 0 bridgehead atoms. The van der Waals surface area contributed by atoms with Crippen LogP contribution in [-0.2, 0) is 0 Å². The number of halogens is 2. The topological polar surface area (TPSA) is 51.2 Å². The Morgan fingerprint density at radius 3 is 2.67 bits per heavy atom. The van der Waals surface area contributed by atoms with E-state index >= 15 is 0 Å². The fraction of sp³-hybridized carbons (Fsp3) is 0.200. The molecule has 6 heteroatoms. The molecule has 21 heavy (non-hydrogen) atoms. The van der Waals surface area contributed by atoms with Gasteiger partial charge in [0.15, 0.2) is 11.6 Å². The minimum absolute atomic E-state index is 0.117. The van der Waals surface area contributed by atoms with Crippen molar-refractivity contribution in [3.63, 3.8) is 0 Å². The monoisotopic (exact) mass is 308 g/mol. The van der Waals surface area contributed by atoms with Gasteiger partial charge >= 0.3 is 0 Å². The fourth-order valence-electron chi connectivity index (χ4n) is 1.63. The van der Waals surface area contributed by atoms with Gasteiger partial charge in [-0.25, -0.2) is 9.37 Å². The molecule has 4 nitrogen and oxygen atoms in total. The van der Waals surface area contributed by atoms with Crippen LogP contribution >= 0.6 is 11.6 Å². The maximum Gasteiger partial charge on any atom is 0.256 e. The number of rotatable bonds is 4. The normalized spacial score (nSPS) is 10.5. The van der Waals surface area contributed by atoms with Crippen molar-refractivity contribution in [2.75, 3.05) is 5.32 Å². The summed E-state index contributed by atoms with van der Waals surface area (Å²) in [7, 11) is 0. The molecule has 0 radical (unpaired) electrons. The number of anilines is 1. The average Bonchev–Trinajstić information content (AvgIpc) is 2.43. The number of aromatic nitrogens is 1. The molecule has 0 aliphatic heterocycles. The Hall–Kier alpha value is -2.14. The van der Waals surface area contributed by atoms with Crippen LogP contribution in [0, 0.1) is 5.82 Å². The van der Waals surface area contributed by atoms with Gasteiger partial charge in [-0.15, -0.1) is 0 Å². The van der Waals surface area contributed by atoms with E-state index in [1.54, 1.807) is 26.0 Å².